The molecule has 0 bridgehead atoms. The Bertz CT molecular complexity index is 272. The van der Waals surface area contributed by atoms with Crippen LogP contribution in [0.1, 0.15) is 46.0 Å². The third kappa shape index (κ3) is 5.09. The highest BCUT2D eigenvalue weighted by Crippen LogP contribution is 2.19. The molecule has 1 rings (SSSR count). The van der Waals surface area contributed by atoms with E-state index in [4.69, 9.17) is 15.2 Å². The molecule has 1 fully saturated rings. The van der Waals surface area contributed by atoms with Gasteiger partial charge in [-0.05, 0) is 39.0 Å². The fourth-order valence-corrected chi connectivity index (χ4v) is 2.23. The van der Waals surface area contributed by atoms with Crippen molar-refractivity contribution in [3.05, 3.63) is 0 Å². The van der Waals surface area contributed by atoms with Gasteiger partial charge < -0.3 is 20.5 Å². The minimum atomic E-state index is -0.738. The van der Waals surface area contributed by atoms with Crippen molar-refractivity contribution in [3.8, 4) is 0 Å². The first kappa shape index (κ1) is 16.4. The minimum Gasteiger partial charge on any atom is -0.376 e. The Morgan fingerprint density at radius 3 is 2.53 bits per heavy atom. The van der Waals surface area contributed by atoms with Crippen molar-refractivity contribution < 1.29 is 14.3 Å². The van der Waals surface area contributed by atoms with Crippen LogP contribution in [0.2, 0.25) is 0 Å². The van der Waals surface area contributed by atoms with Crippen molar-refractivity contribution in [1.82, 2.24) is 5.32 Å². The van der Waals surface area contributed by atoms with Crippen LogP contribution in [0.25, 0.3) is 0 Å². The van der Waals surface area contributed by atoms with Crippen LogP contribution in [0.3, 0.4) is 0 Å². The van der Waals surface area contributed by atoms with Gasteiger partial charge in [-0.3, -0.25) is 4.79 Å². The van der Waals surface area contributed by atoms with Gasteiger partial charge in [0.15, 0.2) is 0 Å². The molecule has 112 valence electrons. The molecule has 0 saturated heterocycles. The monoisotopic (exact) mass is 272 g/mol. The van der Waals surface area contributed by atoms with E-state index in [2.05, 4.69) is 5.32 Å². The number of carbonyl (C=O) groups is 1. The molecule has 0 aromatic carbocycles. The lowest BCUT2D eigenvalue weighted by molar-refractivity contribution is -0.142. The van der Waals surface area contributed by atoms with Gasteiger partial charge in [0.25, 0.3) is 5.91 Å². The predicted molar refractivity (Wildman–Crippen MR) is 74.9 cm³/mol. The first-order valence-electron chi connectivity index (χ1n) is 7.22. The molecule has 0 aromatic rings. The van der Waals surface area contributed by atoms with E-state index in [1.165, 1.54) is 0 Å². The van der Waals surface area contributed by atoms with Gasteiger partial charge >= 0.3 is 0 Å². The number of hydrogen-bond donors (Lipinski definition) is 2. The molecule has 5 nitrogen and oxygen atoms in total. The predicted octanol–water partition coefficient (Wildman–Crippen LogP) is 1.20. The zero-order valence-corrected chi connectivity index (χ0v) is 12.4. The van der Waals surface area contributed by atoms with E-state index in [1.807, 2.05) is 6.92 Å². The van der Waals surface area contributed by atoms with Crippen LogP contribution < -0.4 is 11.1 Å². The molecular formula is C14H28N2O3. The van der Waals surface area contributed by atoms with Gasteiger partial charge in [-0.2, -0.15) is 0 Å². The number of nitrogens with one attached hydrogen (secondary N) is 1. The van der Waals surface area contributed by atoms with Gasteiger partial charge in [-0.15, -0.1) is 0 Å². The topological polar surface area (TPSA) is 73.6 Å². The molecule has 1 atom stereocenters. The lowest BCUT2D eigenvalue weighted by Crippen LogP contribution is -2.46. The lowest BCUT2D eigenvalue weighted by Gasteiger charge is -2.27. The van der Waals surface area contributed by atoms with Crippen LogP contribution in [0.5, 0.6) is 0 Å². The van der Waals surface area contributed by atoms with Crippen molar-refractivity contribution in [2.75, 3.05) is 20.3 Å². The highest BCUT2D eigenvalue weighted by molar-refractivity contribution is 5.84. The molecule has 1 saturated carbocycles. The summed E-state index contributed by atoms with van der Waals surface area (Å²) in [6.07, 6.45) is 5.08. The first-order chi connectivity index (χ1) is 9.01. The van der Waals surface area contributed by atoms with Crippen molar-refractivity contribution in [2.24, 2.45) is 5.73 Å². The lowest BCUT2D eigenvalue weighted by atomic mass is 9.94. The number of methoxy groups -OCH3 is 1. The van der Waals surface area contributed by atoms with Crippen LogP contribution in [0.4, 0.5) is 0 Å². The van der Waals surface area contributed by atoms with Gasteiger partial charge in [0.1, 0.15) is 5.60 Å². The third-order valence-corrected chi connectivity index (χ3v) is 4.07. The molecule has 0 heterocycles. The summed E-state index contributed by atoms with van der Waals surface area (Å²) >= 11 is 0. The van der Waals surface area contributed by atoms with E-state index in [1.54, 1.807) is 14.0 Å². The fraction of sp³-hybridized carbons (Fsp3) is 0.929. The SMILES string of the molecule is CCC(C)(OC)C(=O)NCCOC1CCC(N)CC1. The average molecular weight is 272 g/mol. The molecule has 0 radical (unpaired) electrons. The Balaban J connectivity index is 2.15. The highest BCUT2D eigenvalue weighted by Gasteiger charge is 2.30. The maximum absolute atomic E-state index is 11.9. The third-order valence-electron chi connectivity index (χ3n) is 4.07. The fourth-order valence-electron chi connectivity index (χ4n) is 2.23. The van der Waals surface area contributed by atoms with E-state index >= 15 is 0 Å². The number of nitrogens with two attached hydrogens (primary N) is 1. The van der Waals surface area contributed by atoms with Crippen molar-refractivity contribution >= 4 is 5.91 Å². The molecule has 1 aliphatic carbocycles. The molecule has 0 aliphatic heterocycles. The van der Waals surface area contributed by atoms with Crippen LogP contribution >= 0.6 is 0 Å². The smallest absolute Gasteiger partial charge is 0.252 e. The number of carbonyl (C=O) groups excluding carboxylic acids is 1. The largest absolute Gasteiger partial charge is 0.376 e. The van der Waals surface area contributed by atoms with Gasteiger partial charge in [-0.25, -0.2) is 0 Å². The summed E-state index contributed by atoms with van der Waals surface area (Å²) in [4.78, 5) is 11.9. The molecule has 5 heteroatoms. The zero-order chi connectivity index (χ0) is 14.3. The maximum atomic E-state index is 11.9. The number of amides is 1. The van der Waals surface area contributed by atoms with Crippen LogP contribution in [-0.2, 0) is 14.3 Å². The molecular weight excluding hydrogens is 244 g/mol. The van der Waals surface area contributed by atoms with E-state index in [0.29, 0.717) is 31.7 Å². The summed E-state index contributed by atoms with van der Waals surface area (Å²) in [6.45, 7) is 4.81. The second-order valence-corrected chi connectivity index (χ2v) is 5.45. The van der Waals surface area contributed by atoms with E-state index in [0.717, 1.165) is 25.7 Å². The van der Waals surface area contributed by atoms with Crippen LogP contribution in [-0.4, -0.2) is 43.9 Å². The van der Waals surface area contributed by atoms with E-state index in [-0.39, 0.29) is 5.91 Å². The number of rotatable bonds is 7. The van der Waals surface area contributed by atoms with Gasteiger partial charge in [0, 0.05) is 19.7 Å². The van der Waals surface area contributed by atoms with Crippen molar-refractivity contribution in [2.45, 2.75) is 63.7 Å². The Morgan fingerprint density at radius 2 is 2.00 bits per heavy atom. The Labute approximate surface area is 116 Å². The highest BCUT2D eigenvalue weighted by atomic mass is 16.5. The van der Waals surface area contributed by atoms with Crippen molar-refractivity contribution in [1.29, 1.82) is 0 Å². The molecule has 0 spiro atoms. The Hall–Kier alpha value is -0.650. The quantitative estimate of drug-likeness (QED) is 0.683. The molecule has 0 aromatic heterocycles. The second kappa shape index (κ2) is 7.82. The summed E-state index contributed by atoms with van der Waals surface area (Å²) in [7, 11) is 1.56. The van der Waals surface area contributed by atoms with Crippen LogP contribution in [0, 0.1) is 0 Å². The molecule has 1 amide bonds. The second-order valence-electron chi connectivity index (χ2n) is 5.45. The summed E-state index contributed by atoms with van der Waals surface area (Å²) in [6, 6.07) is 0.339. The molecule has 1 aliphatic rings. The normalized spacial score (nSPS) is 26.7. The summed E-state index contributed by atoms with van der Waals surface area (Å²) in [5.41, 5.74) is 5.11. The first-order valence-corrected chi connectivity index (χ1v) is 7.22. The summed E-state index contributed by atoms with van der Waals surface area (Å²) < 4.78 is 11.0. The Kier molecular flexibility index (Phi) is 6.75. The number of ether oxygens (including phenoxy) is 2. The Morgan fingerprint density at radius 1 is 1.37 bits per heavy atom. The average Bonchev–Trinajstić information content (AvgIpc) is 2.44. The van der Waals surface area contributed by atoms with Crippen LogP contribution in [0.15, 0.2) is 0 Å². The van der Waals surface area contributed by atoms with Gasteiger partial charge in [0.05, 0.1) is 12.7 Å². The van der Waals surface area contributed by atoms with Gasteiger partial charge in [-0.1, -0.05) is 6.92 Å². The molecule has 19 heavy (non-hydrogen) atoms. The van der Waals surface area contributed by atoms with E-state index < -0.39 is 5.60 Å². The summed E-state index contributed by atoms with van der Waals surface area (Å²) in [5, 5.41) is 2.86. The molecule has 3 N–H and O–H groups in total. The standard InChI is InChI=1S/C14H28N2O3/c1-4-14(2,18-3)13(17)16-9-10-19-12-7-5-11(15)6-8-12/h11-12H,4-10,15H2,1-3H3,(H,16,17). The zero-order valence-electron chi connectivity index (χ0n) is 12.4. The summed E-state index contributed by atoms with van der Waals surface area (Å²) in [5.74, 6) is -0.0771. The van der Waals surface area contributed by atoms with Crippen molar-refractivity contribution in [3.63, 3.8) is 0 Å². The van der Waals surface area contributed by atoms with E-state index in [9.17, 15) is 4.79 Å². The number of hydrogen-bond acceptors (Lipinski definition) is 4. The minimum absolute atomic E-state index is 0.0771. The molecule has 1 unspecified atom stereocenters. The van der Waals surface area contributed by atoms with Gasteiger partial charge in [0.2, 0.25) is 0 Å². The maximum Gasteiger partial charge on any atom is 0.252 e.